The average molecular weight is 222 g/mol. The molecule has 15 heavy (non-hydrogen) atoms. The second-order valence-electron chi connectivity index (χ2n) is 3.51. The highest BCUT2D eigenvalue weighted by molar-refractivity contribution is 7.99. The predicted octanol–water partition coefficient (Wildman–Crippen LogP) is 3.93. The highest BCUT2D eigenvalue weighted by Crippen LogP contribution is 2.18. The van der Waals surface area contributed by atoms with Crippen LogP contribution in [-0.4, -0.2) is 11.5 Å². The van der Waals surface area contributed by atoms with Gasteiger partial charge in [-0.15, -0.1) is 11.8 Å². The number of carbonyl (C=O) groups is 1. The van der Waals surface area contributed by atoms with Gasteiger partial charge >= 0.3 is 0 Å². The minimum Gasteiger partial charge on any atom is -0.300 e. The molecule has 0 fully saturated rings. The Morgan fingerprint density at radius 2 is 1.93 bits per heavy atom. The molecule has 0 aliphatic rings. The second-order valence-corrected chi connectivity index (χ2v) is 4.68. The number of hydrogen-bond acceptors (Lipinski definition) is 2. The summed E-state index contributed by atoms with van der Waals surface area (Å²) in [7, 11) is 0. The first-order valence-electron chi connectivity index (χ1n) is 5.52. The van der Waals surface area contributed by atoms with Gasteiger partial charge in [-0.3, -0.25) is 4.79 Å². The first-order chi connectivity index (χ1) is 7.33. The Kier molecular flexibility index (Phi) is 6.17. The third-order valence-corrected chi connectivity index (χ3v) is 3.35. The van der Waals surface area contributed by atoms with Crippen molar-refractivity contribution in [1.82, 2.24) is 0 Å². The average Bonchev–Trinajstić information content (AvgIpc) is 2.29. The highest BCUT2D eigenvalue weighted by atomic mass is 32.2. The van der Waals surface area contributed by atoms with Gasteiger partial charge in [0, 0.05) is 17.7 Å². The van der Waals surface area contributed by atoms with Crippen LogP contribution in [0.2, 0.25) is 0 Å². The monoisotopic (exact) mass is 222 g/mol. The summed E-state index contributed by atoms with van der Waals surface area (Å²) in [5.74, 6) is 1.50. The number of benzene rings is 1. The number of hydrogen-bond donors (Lipinski definition) is 0. The van der Waals surface area contributed by atoms with Crippen molar-refractivity contribution in [2.75, 3.05) is 5.75 Å². The van der Waals surface area contributed by atoms with E-state index in [0.29, 0.717) is 12.2 Å². The molecule has 0 aliphatic carbocycles. The Bertz CT molecular complexity index is 282. The summed E-state index contributed by atoms with van der Waals surface area (Å²) in [5.41, 5.74) is 0. The lowest BCUT2D eigenvalue weighted by molar-refractivity contribution is -0.118. The first kappa shape index (κ1) is 12.3. The summed E-state index contributed by atoms with van der Waals surface area (Å²) in [6.45, 7) is 1.93. The van der Waals surface area contributed by atoms with E-state index in [0.717, 1.165) is 25.0 Å². The lowest BCUT2D eigenvalue weighted by Crippen LogP contribution is -1.94. The van der Waals surface area contributed by atoms with Crippen molar-refractivity contribution in [2.45, 2.75) is 37.5 Å². The van der Waals surface area contributed by atoms with E-state index in [-0.39, 0.29) is 0 Å². The molecule has 0 unspecified atom stereocenters. The summed E-state index contributed by atoms with van der Waals surface area (Å²) in [6, 6.07) is 10.4. The van der Waals surface area contributed by atoms with Crippen LogP contribution in [0.25, 0.3) is 0 Å². The fourth-order valence-electron chi connectivity index (χ4n) is 1.31. The first-order valence-corrected chi connectivity index (χ1v) is 6.51. The third kappa shape index (κ3) is 5.63. The van der Waals surface area contributed by atoms with Crippen LogP contribution in [0.3, 0.4) is 0 Å². The molecule has 1 nitrogen and oxygen atoms in total. The Morgan fingerprint density at radius 1 is 1.20 bits per heavy atom. The molecule has 0 aromatic heterocycles. The van der Waals surface area contributed by atoms with Gasteiger partial charge in [-0.25, -0.2) is 0 Å². The van der Waals surface area contributed by atoms with E-state index >= 15 is 0 Å². The molecule has 0 saturated carbocycles. The van der Waals surface area contributed by atoms with Crippen LogP contribution in [0, 0.1) is 0 Å². The zero-order valence-electron chi connectivity index (χ0n) is 9.24. The van der Waals surface area contributed by atoms with Gasteiger partial charge in [-0.1, -0.05) is 25.1 Å². The van der Waals surface area contributed by atoms with E-state index in [4.69, 9.17) is 0 Å². The van der Waals surface area contributed by atoms with Gasteiger partial charge in [-0.2, -0.15) is 0 Å². The molecule has 2 heteroatoms. The van der Waals surface area contributed by atoms with Crippen LogP contribution in [-0.2, 0) is 4.79 Å². The molecule has 1 aromatic carbocycles. The molecule has 0 N–H and O–H groups in total. The largest absolute Gasteiger partial charge is 0.300 e. The molecule has 0 atom stereocenters. The number of Topliss-reactive ketones (excluding diaryl/α,β-unsaturated/α-hetero) is 1. The minimum absolute atomic E-state index is 0.389. The molecular formula is C13H18OS. The van der Waals surface area contributed by atoms with Crippen molar-refractivity contribution in [2.24, 2.45) is 0 Å². The Balaban J connectivity index is 2.05. The van der Waals surface area contributed by atoms with Crippen molar-refractivity contribution in [1.29, 1.82) is 0 Å². The zero-order chi connectivity index (χ0) is 10.9. The number of rotatable bonds is 7. The summed E-state index contributed by atoms with van der Waals surface area (Å²) >= 11 is 1.87. The number of unbranched alkanes of at least 4 members (excludes halogenated alkanes) is 1. The fourth-order valence-corrected chi connectivity index (χ4v) is 2.24. The van der Waals surface area contributed by atoms with Crippen LogP contribution >= 0.6 is 11.8 Å². The van der Waals surface area contributed by atoms with Gasteiger partial charge in [0.15, 0.2) is 0 Å². The molecule has 0 bridgehead atoms. The van der Waals surface area contributed by atoms with Crippen LogP contribution < -0.4 is 0 Å². The maximum Gasteiger partial charge on any atom is 0.132 e. The minimum atomic E-state index is 0.389. The Morgan fingerprint density at radius 3 is 2.60 bits per heavy atom. The number of thioether (sulfide) groups is 1. The summed E-state index contributed by atoms with van der Waals surface area (Å²) < 4.78 is 0. The van der Waals surface area contributed by atoms with Gasteiger partial charge in [0.05, 0.1) is 0 Å². The fraction of sp³-hybridized carbons (Fsp3) is 0.462. The van der Waals surface area contributed by atoms with E-state index < -0.39 is 0 Å². The molecule has 0 radical (unpaired) electrons. The molecule has 0 aliphatic heterocycles. The van der Waals surface area contributed by atoms with Crippen LogP contribution in [0.4, 0.5) is 0 Å². The predicted molar refractivity (Wildman–Crippen MR) is 66.3 cm³/mol. The van der Waals surface area contributed by atoms with Gasteiger partial charge < -0.3 is 0 Å². The molecular weight excluding hydrogens is 204 g/mol. The quantitative estimate of drug-likeness (QED) is 0.513. The highest BCUT2D eigenvalue weighted by Gasteiger charge is 1.98. The van der Waals surface area contributed by atoms with E-state index in [1.54, 1.807) is 0 Å². The lowest BCUT2D eigenvalue weighted by Gasteiger charge is -2.00. The van der Waals surface area contributed by atoms with Gasteiger partial charge in [0.2, 0.25) is 0 Å². The van der Waals surface area contributed by atoms with E-state index in [1.807, 2.05) is 24.8 Å². The maximum atomic E-state index is 11.0. The third-order valence-electron chi connectivity index (χ3n) is 2.26. The standard InChI is InChI=1S/C13H18OS/c1-2-12(14)8-6-7-11-15-13-9-4-3-5-10-13/h3-5,9-10H,2,6-8,11H2,1H3. The molecule has 1 rings (SSSR count). The summed E-state index contributed by atoms with van der Waals surface area (Å²) in [5, 5.41) is 0. The molecule has 0 saturated heterocycles. The topological polar surface area (TPSA) is 17.1 Å². The molecule has 0 amide bonds. The van der Waals surface area contributed by atoms with Gasteiger partial charge in [-0.05, 0) is 30.7 Å². The van der Waals surface area contributed by atoms with E-state index in [2.05, 4.69) is 24.3 Å². The zero-order valence-corrected chi connectivity index (χ0v) is 10.1. The van der Waals surface area contributed by atoms with E-state index in [1.165, 1.54) is 4.90 Å². The van der Waals surface area contributed by atoms with E-state index in [9.17, 15) is 4.79 Å². The SMILES string of the molecule is CCC(=O)CCCCSc1ccccc1. The van der Waals surface area contributed by atoms with Crippen LogP contribution in [0.15, 0.2) is 35.2 Å². The molecule has 0 spiro atoms. The Labute approximate surface area is 96.3 Å². The molecule has 82 valence electrons. The molecule has 0 heterocycles. The smallest absolute Gasteiger partial charge is 0.132 e. The van der Waals surface area contributed by atoms with Gasteiger partial charge in [0.1, 0.15) is 5.78 Å². The normalized spacial score (nSPS) is 10.2. The van der Waals surface area contributed by atoms with Crippen LogP contribution in [0.1, 0.15) is 32.6 Å². The van der Waals surface area contributed by atoms with Crippen LogP contribution in [0.5, 0.6) is 0 Å². The Hall–Kier alpha value is -0.760. The van der Waals surface area contributed by atoms with Crippen molar-refractivity contribution in [3.05, 3.63) is 30.3 Å². The lowest BCUT2D eigenvalue weighted by atomic mass is 10.1. The van der Waals surface area contributed by atoms with Gasteiger partial charge in [0.25, 0.3) is 0 Å². The number of ketones is 1. The second kappa shape index (κ2) is 7.52. The molecule has 1 aromatic rings. The van der Waals surface area contributed by atoms with Crippen molar-refractivity contribution in [3.63, 3.8) is 0 Å². The van der Waals surface area contributed by atoms with Crippen molar-refractivity contribution < 1.29 is 4.79 Å². The van der Waals surface area contributed by atoms with Crippen molar-refractivity contribution in [3.8, 4) is 0 Å². The maximum absolute atomic E-state index is 11.0. The number of carbonyl (C=O) groups excluding carboxylic acids is 1. The summed E-state index contributed by atoms with van der Waals surface area (Å²) in [6.07, 6.45) is 3.61. The summed E-state index contributed by atoms with van der Waals surface area (Å²) in [4.78, 5) is 12.4. The van der Waals surface area contributed by atoms with Crippen molar-refractivity contribution >= 4 is 17.5 Å².